The molecule has 1 aromatic carbocycles. The Labute approximate surface area is 88.5 Å². The third-order valence-electron chi connectivity index (χ3n) is 2.11. The van der Waals surface area contributed by atoms with Gasteiger partial charge in [0.15, 0.2) is 0 Å². The quantitative estimate of drug-likeness (QED) is 0.758. The molecule has 3 heteroatoms. The Kier molecular flexibility index (Phi) is 2.54. The van der Waals surface area contributed by atoms with Crippen LogP contribution in [0.2, 0.25) is 0 Å². The van der Waals surface area contributed by atoms with E-state index in [4.69, 9.17) is 10.5 Å². The molecule has 0 radical (unpaired) electrons. The van der Waals surface area contributed by atoms with E-state index in [1.165, 1.54) is 0 Å². The summed E-state index contributed by atoms with van der Waals surface area (Å²) >= 11 is 0. The fraction of sp³-hybridized carbons (Fsp3) is 0.0833. The highest BCUT2D eigenvalue weighted by molar-refractivity contribution is 5.50. The summed E-state index contributed by atoms with van der Waals surface area (Å²) in [7, 11) is 0. The normalized spacial score (nSPS) is 9.93. The molecule has 3 nitrogen and oxygen atoms in total. The number of hydrogen-bond acceptors (Lipinski definition) is 3. The van der Waals surface area contributed by atoms with Crippen LogP contribution in [0.25, 0.3) is 0 Å². The zero-order valence-electron chi connectivity index (χ0n) is 8.47. The number of ether oxygens (including phenoxy) is 1. The van der Waals surface area contributed by atoms with Gasteiger partial charge >= 0.3 is 0 Å². The molecule has 0 saturated carbocycles. The average Bonchev–Trinajstić information content (AvgIpc) is 2.25. The third-order valence-corrected chi connectivity index (χ3v) is 2.11. The maximum atomic E-state index is 5.71. The lowest BCUT2D eigenvalue weighted by molar-refractivity contribution is 0.480. The standard InChI is InChI=1S/C12H12N2O/c1-9-7-10(4-5-12(9)13)15-11-3-2-6-14-8-11/h2-8H,13H2,1H3. The number of nitrogen functional groups attached to an aromatic ring is 1. The van der Waals surface area contributed by atoms with Gasteiger partial charge in [-0.2, -0.15) is 0 Å². The van der Waals surface area contributed by atoms with E-state index < -0.39 is 0 Å². The Hall–Kier alpha value is -2.03. The van der Waals surface area contributed by atoms with Crippen LogP contribution in [-0.4, -0.2) is 4.98 Å². The van der Waals surface area contributed by atoms with E-state index in [0.29, 0.717) is 0 Å². The lowest BCUT2D eigenvalue weighted by Crippen LogP contribution is -1.90. The third kappa shape index (κ3) is 2.26. The number of hydrogen-bond donors (Lipinski definition) is 1. The molecule has 2 rings (SSSR count). The molecule has 0 aliphatic rings. The highest BCUT2D eigenvalue weighted by Crippen LogP contribution is 2.23. The molecule has 15 heavy (non-hydrogen) atoms. The molecular weight excluding hydrogens is 188 g/mol. The van der Waals surface area contributed by atoms with Gasteiger partial charge in [-0.3, -0.25) is 4.98 Å². The molecule has 0 bridgehead atoms. The van der Waals surface area contributed by atoms with Crippen LogP contribution in [0, 0.1) is 6.92 Å². The first kappa shape index (κ1) is 9.52. The number of aryl methyl sites for hydroxylation is 1. The zero-order chi connectivity index (χ0) is 10.7. The van der Waals surface area contributed by atoms with Crippen molar-refractivity contribution in [2.45, 2.75) is 6.92 Å². The van der Waals surface area contributed by atoms with Gasteiger partial charge in [0.25, 0.3) is 0 Å². The van der Waals surface area contributed by atoms with Crippen LogP contribution in [0.1, 0.15) is 5.56 Å². The number of pyridine rings is 1. The van der Waals surface area contributed by atoms with E-state index >= 15 is 0 Å². The summed E-state index contributed by atoms with van der Waals surface area (Å²) in [6, 6.07) is 9.27. The minimum atomic E-state index is 0.724. The first-order valence-corrected chi connectivity index (χ1v) is 4.70. The van der Waals surface area contributed by atoms with Gasteiger partial charge in [-0.1, -0.05) is 0 Å². The fourth-order valence-corrected chi connectivity index (χ4v) is 1.26. The lowest BCUT2D eigenvalue weighted by Gasteiger charge is -2.06. The number of benzene rings is 1. The van der Waals surface area contributed by atoms with Crippen LogP contribution in [0.15, 0.2) is 42.7 Å². The molecule has 76 valence electrons. The predicted octanol–water partition coefficient (Wildman–Crippen LogP) is 2.76. The van der Waals surface area contributed by atoms with Gasteiger partial charge in [-0.05, 0) is 42.8 Å². The summed E-state index contributed by atoms with van der Waals surface area (Å²) < 4.78 is 5.60. The summed E-state index contributed by atoms with van der Waals surface area (Å²) in [5.74, 6) is 1.50. The van der Waals surface area contributed by atoms with Crippen molar-refractivity contribution in [2.75, 3.05) is 5.73 Å². The summed E-state index contributed by atoms with van der Waals surface area (Å²) in [6.07, 6.45) is 3.38. The first-order valence-electron chi connectivity index (χ1n) is 4.70. The Bertz CT molecular complexity index is 454. The van der Waals surface area contributed by atoms with Crippen molar-refractivity contribution in [3.63, 3.8) is 0 Å². The summed E-state index contributed by atoms with van der Waals surface area (Å²) in [4.78, 5) is 3.97. The largest absolute Gasteiger partial charge is 0.456 e. The molecule has 1 heterocycles. The summed E-state index contributed by atoms with van der Waals surface area (Å²) in [6.45, 7) is 1.95. The van der Waals surface area contributed by atoms with E-state index in [0.717, 1.165) is 22.7 Å². The lowest BCUT2D eigenvalue weighted by atomic mass is 10.2. The minimum absolute atomic E-state index is 0.724. The fourth-order valence-electron chi connectivity index (χ4n) is 1.26. The molecule has 2 aromatic rings. The molecule has 0 atom stereocenters. The number of aromatic nitrogens is 1. The van der Waals surface area contributed by atoms with Gasteiger partial charge in [0, 0.05) is 11.9 Å². The van der Waals surface area contributed by atoms with Crippen molar-refractivity contribution < 1.29 is 4.74 Å². The molecule has 0 amide bonds. The topological polar surface area (TPSA) is 48.1 Å². The van der Waals surface area contributed by atoms with E-state index in [2.05, 4.69) is 4.98 Å². The second kappa shape index (κ2) is 4.00. The van der Waals surface area contributed by atoms with Gasteiger partial charge in [0.1, 0.15) is 11.5 Å². The molecule has 1 aromatic heterocycles. The zero-order valence-corrected chi connectivity index (χ0v) is 8.47. The molecule has 0 unspecified atom stereocenters. The highest BCUT2D eigenvalue weighted by atomic mass is 16.5. The van der Waals surface area contributed by atoms with E-state index in [1.807, 2.05) is 37.3 Å². The Balaban J connectivity index is 2.22. The monoisotopic (exact) mass is 200 g/mol. The predicted molar refractivity (Wildman–Crippen MR) is 59.9 cm³/mol. The maximum absolute atomic E-state index is 5.71. The van der Waals surface area contributed by atoms with E-state index in [1.54, 1.807) is 12.4 Å². The number of nitrogens with two attached hydrogens (primary N) is 1. The molecule has 0 saturated heterocycles. The second-order valence-electron chi connectivity index (χ2n) is 3.31. The summed E-state index contributed by atoms with van der Waals surface area (Å²) in [5, 5.41) is 0. The Morgan fingerprint density at radius 1 is 1.20 bits per heavy atom. The van der Waals surface area contributed by atoms with Gasteiger partial charge in [0.05, 0.1) is 6.20 Å². The summed E-state index contributed by atoms with van der Waals surface area (Å²) in [5.41, 5.74) is 7.50. The number of nitrogens with zero attached hydrogens (tertiary/aromatic N) is 1. The van der Waals surface area contributed by atoms with Crippen LogP contribution in [0.3, 0.4) is 0 Å². The van der Waals surface area contributed by atoms with Crippen LogP contribution < -0.4 is 10.5 Å². The van der Waals surface area contributed by atoms with Crippen LogP contribution in [-0.2, 0) is 0 Å². The van der Waals surface area contributed by atoms with Crippen molar-refractivity contribution in [1.82, 2.24) is 4.98 Å². The maximum Gasteiger partial charge on any atom is 0.145 e. The van der Waals surface area contributed by atoms with Gasteiger partial charge in [0.2, 0.25) is 0 Å². The minimum Gasteiger partial charge on any atom is -0.456 e. The van der Waals surface area contributed by atoms with Crippen molar-refractivity contribution in [3.8, 4) is 11.5 Å². The SMILES string of the molecule is Cc1cc(Oc2cccnc2)ccc1N. The Morgan fingerprint density at radius 2 is 2.07 bits per heavy atom. The van der Waals surface area contributed by atoms with Crippen LogP contribution in [0.5, 0.6) is 11.5 Å². The van der Waals surface area contributed by atoms with E-state index in [9.17, 15) is 0 Å². The van der Waals surface area contributed by atoms with Gasteiger partial charge < -0.3 is 10.5 Å². The molecule has 0 spiro atoms. The molecule has 0 fully saturated rings. The van der Waals surface area contributed by atoms with Crippen molar-refractivity contribution in [2.24, 2.45) is 0 Å². The second-order valence-corrected chi connectivity index (χ2v) is 3.31. The Morgan fingerprint density at radius 3 is 2.73 bits per heavy atom. The van der Waals surface area contributed by atoms with Crippen molar-refractivity contribution in [3.05, 3.63) is 48.3 Å². The van der Waals surface area contributed by atoms with Crippen LogP contribution in [0.4, 0.5) is 5.69 Å². The van der Waals surface area contributed by atoms with Crippen LogP contribution >= 0.6 is 0 Å². The highest BCUT2D eigenvalue weighted by Gasteiger charge is 1.99. The molecule has 0 aliphatic carbocycles. The van der Waals surface area contributed by atoms with Crippen molar-refractivity contribution in [1.29, 1.82) is 0 Å². The molecule has 0 aliphatic heterocycles. The smallest absolute Gasteiger partial charge is 0.145 e. The molecule has 2 N–H and O–H groups in total. The van der Waals surface area contributed by atoms with Crippen molar-refractivity contribution >= 4 is 5.69 Å². The number of rotatable bonds is 2. The average molecular weight is 200 g/mol. The van der Waals surface area contributed by atoms with Gasteiger partial charge in [-0.25, -0.2) is 0 Å². The van der Waals surface area contributed by atoms with Gasteiger partial charge in [-0.15, -0.1) is 0 Å². The number of anilines is 1. The first-order chi connectivity index (χ1) is 7.25. The van der Waals surface area contributed by atoms with E-state index in [-0.39, 0.29) is 0 Å². The molecular formula is C12H12N2O.